The maximum absolute atomic E-state index is 5.82. The fraction of sp³-hybridized carbons (Fsp3) is 0.625. The second-order valence-electron chi connectivity index (χ2n) is 6.01. The van der Waals surface area contributed by atoms with E-state index >= 15 is 0 Å². The third-order valence-electron chi connectivity index (χ3n) is 3.48. The minimum atomic E-state index is 0.0829. The summed E-state index contributed by atoms with van der Waals surface area (Å²) in [6.07, 6.45) is 1.04. The minimum Gasteiger partial charge on any atom is -0.496 e. The summed E-state index contributed by atoms with van der Waals surface area (Å²) in [5, 5.41) is 0. The Morgan fingerprint density at radius 2 is 1.89 bits per heavy atom. The van der Waals surface area contributed by atoms with Gasteiger partial charge in [0.25, 0.3) is 0 Å². The smallest absolute Gasteiger partial charge is 0.126 e. The highest BCUT2D eigenvalue weighted by Crippen LogP contribution is 2.38. The summed E-state index contributed by atoms with van der Waals surface area (Å²) in [6.45, 7) is 11.7. The highest BCUT2D eigenvalue weighted by Gasteiger charge is 2.23. The fourth-order valence-corrected chi connectivity index (χ4v) is 2.20. The topological polar surface area (TPSA) is 35.2 Å². The van der Waals surface area contributed by atoms with Crippen LogP contribution in [-0.2, 0) is 11.8 Å². The lowest BCUT2D eigenvalue weighted by Crippen LogP contribution is -2.17. The summed E-state index contributed by atoms with van der Waals surface area (Å²) in [5.74, 6) is 1.34. The van der Waals surface area contributed by atoms with Gasteiger partial charge in [-0.1, -0.05) is 46.8 Å². The van der Waals surface area contributed by atoms with E-state index in [-0.39, 0.29) is 5.41 Å². The molecule has 0 aromatic heterocycles. The molecule has 0 heterocycles. The molecular weight excluding hydrogens is 222 g/mol. The number of ether oxygens (including phenoxy) is 1. The third kappa shape index (κ3) is 3.05. The molecule has 0 spiro atoms. The first-order chi connectivity index (χ1) is 8.35. The molecule has 2 N–H and O–H groups in total. The van der Waals surface area contributed by atoms with Crippen molar-refractivity contribution < 1.29 is 4.74 Å². The van der Waals surface area contributed by atoms with Gasteiger partial charge in [-0.25, -0.2) is 0 Å². The Morgan fingerprint density at radius 3 is 2.28 bits per heavy atom. The van der Waals surface area contributed by atoms with Crippen molar-refractivity contribution in [3.63, 3.8) is 0 Å². The van der Waals surface area contributed by atoms with Crippen molar-refractivity contribution in [2.45, 2.75) is 52.4 Å². The minimum absolute atomic E-state index is 0.0829. The lowest BCUT2D eigenvalue weighted by atomic mass is 9.82. The van der Waals surface area contributed by atoms with Crippen LogP contribution in [0.3, 0.4) is 0 Å². The van der Waals surface area contributed by atoms with Crippen molar-refractivity contribution in [2.24, 2.45) is 5.73 Å². The van der Waals surface area contributed by atoms with Crippen molar-refractivity contribution in [3.8, 4) is 5.75 Å². The highest BCUT2D eigenvalue weighted by molar-refractivity contribution is 5.49. The first kappa shape index (κ1) is 15.0. The van der Waals surface area contributed by atoms with Crippen LogP contribution in [-0.4, -0.2) is 13.7 Å². The van der Waals surface area contributed by atoms with Crippen LogP contribution in [0.5, 0.6) is 5.75 Å². The zero-order chi connectivity index (χ0) is 13.9. The first-order valence-corrected chi connectivity index (χ1v) is 6.76. The molecule has 0 amide bonds. The molecule has 1 aromatic rings. The summed E-state index contributed by atoms with van der Waals surface area (Å²) in [7, 11) is 1.75. The van der Waals surface area contributed by atoms with Gasteiger partial charge in [0, 0.05) is 5.56 Å². The van der Waals surface area contributed by atoms with Gasteiger partial charge < -0.3 is 10.5 Å². The van der Waals surface area contributed by atoms with Gasteiger partial charge in [0.2, 0.25) is 0 Å². The van der Waals surface area contributed by atoms with E-state index in [2.05, 4.69) is 46.8 Å². The maximum atomic E-state index is 5.82. The number of hydrogen-bond donors (Lipinski definition) is 1. The van der Waals surface area contributed by atoms with Crippen LogP contribution in [0, 0.1) is 0 Å². The van der Waals surface area contributed by atoms with Crippen molar-refractivity contribution >= 4 is 0 Å². The largest absolute Gasteiger partial charge is 0.496 e. The molecule has 1 aromatic carbocycles. The van der Waals surface area contributed by atoms with Crippen LogP contribution in [0.15, 0.2) is 12.1 Å². The van der Waals surface area contributed by atoms with Gasteiger partial charge in [-0.3, -0.25) is 0 Å². The standard InChI is InChI=1S/C16H27NO/c1-7-12-8-13(11(2)10-17)15(18-6)14(9-12)16(3,4)5/h8-9,11H,7,10,17H2,1-6H3. The molecular formula is C16H27NO. The molecule has 0 aliphatic carbocycles. The summed E-state index contributed by atoms with van der Waals surface area (Å²) >= 11 is 0. The number of methoxy groups -OCH3 is 1. The van der Waals surface area contributed by atoms with E-state index in [4.69, 9.17) is 10.5 Å². The number of benzene rings is 1. The summed E-state index contributed by atoms with van der Waals surface area (Å²) in [4.78, 5) is 0. The van der Waals surface area contributed by atoms with Gasteiger partial charge in [-0.15, -0.1) is 0 Å². The monoisotopic (exact) mass is 249 g/mol. The molecule has 0 saturated carbocycles. The normalized spacial score (nSPS) is 13.5. The van der Waals surface area contributed by atoms with Gasteiger partial charge in [0.05, 0.1) is 7.11 Å². The molecule has 1 atom stereocenters. The van der Waals surface area contributed by atoms with Gasteiger partial charge in [-0.05, 0) is 35.4 Å². The van der Waals surface area contributed by atoms with Crippen molar-refractivity contribution in [1.29, 1.82) is 0 Å². The predicted molar refractivity (Wildman–Crippen MR) is 78.5 cm³/mol. The van der Waals surface area contributed by atoms with Gasteiger partial charge in [-0.2, -0.15) is 0 Å². The van der Waals surface area contributed by atoms with Crippen LogP contribution in [0.2, 0.25) is 0 Å². The SMILES string of the molecule is CCc1cc(C(C)CN)c(OC)c(C(C)(C)C)c1. The number of nitrogens with two attached hydrogens (primary N) is 1. The Morgan fingerprint density at radius 1 is 1.28 bits per heavy atom. The molecule has 0 radical (unpaired) electrons. The number of hydrogen-bond acceptors (Lipinski definition) is 2. The van der Waals surface area contributed by atoms with E-state index < -0.39 is 0 Å². The van der Waals surface area contributed by atoms with E-state index in [1.54, 1.807) is 7.11 Å². The van der Waals surface area contributed by atoms with E-state index in [1.165, 1.54) is 16.7 Å². The lowest BCUT2D eigenvalue weighted by molar-refractivity contribution is 0.389. The fourth-order valence-electron chi connectivity index (χ4n) is 2.20. The zero-order valence-corrected chi connectivity index (χ0v) is 12.6. The molecule has 2 nitrogen and oxygen atoms in total. The van der Waals surface area contributed by atoms with E-state index in [1.807, 2.05) is 0 Å². The maximum Gasteiger partial charge on any atom is 0.126 e. The molecule has 1 unspecified atom stereocenters. The summed E-state index contributed by atoms with van der Waals surface area (Å²) in [5.41, 5.74) is 9.78. The van der Waals surface area contributed by atoms with Gasteiger partial charge in [0.15, 0.2) is 0 Å². The van der Waals surface area contributed by atoms with Crippen LogP contribution in [0.1, 0.15) is 57.2 Å². The summed E-state index contributed by atoms with van der Waals surface area (Å²) < 4.78 is 5.67. The van der Waals surface area contributed by atoms with Gasteiger partial charge in [0.1, 0.15) is 5.75 Å². The van der Waals surface area contributed by atoms with E-state index in [9.17, 15) is 0 Å². The third-order valence-corrected chi connectivity index (χ3v) is 3.48. The number of aryl methyl sites for hydroxylation is 1. The van der Waals surface area contributed by atoms with Crippen molar-refractivity contribution in [2.75, 3.05) is 13.7 Å². The zero-order valence-electron chi connectivity index (χ0n) is 12.6. The Kier molecular flexibility index (Phi) is 4.80. The molecule has 0 saturated heterocycles. The van der Waals surface area contributed by atoms with Crippen molar-refractivity contribution in [3.05, 3.63) is 28.8 Å². The predicted octanol–water partition coefficient (Wildman–Crippen LogP) is 3.62. The molecule has 0 bridgehead atoms. The molecule has 2 heteroatoms. The van der Waals surface area contributed by atoms with E-state index in [0.29, 0.717) is 12.5 Å². The lowest BCUT2D eigenvalue weighted by Gasteiger charge is -2.26. The molecule has 0 aliphatic rings. The van der Waals surface area contributed by atoms with Crippen LogP contribution in [0.25, 0.3) is 0 Å². The Hall–Kier alpha value is -1.02. The first-order valence-electron chi connectivity index (χ1n) is 6.76. The Labute approximate surface area is 112 Å². The molecule has 0 aliphatic heterocycles. The second kappa shape index (κ2) is 5.75. The van der Waals surface area contributed by atoms with Gasteiger partial charge >= 0.3 is 0 Å². The van der Waals surface area contributed by atoms with Crippen LogP contribution in [0.4, 0.5) is 0 Å². The average Bonchev–Trinajstić information content (AvgIpc) is 2.34. The highest BCUT2D eigenvalue weighted by atomic mass is 16.5. The molecule has 1 rings (SSSR count). The van der Waals surface area contributed by atoms with Crippen LogP contribution < -0.4 is 10.5 Å². The van der Waals surface area contributed by atoms with Crippen molar-refractivity contribution in [1.82, 2.24) is 0 Å². The second-order valence-corrected chi connectivity index (χ2v) is 6.01. The number of rotatable bonds is 4. The molecule has 102 valence electrons. The Bertz CT molecular complexity index is 404. The van der Waals surface area contributed by atoms with E-state index in [0.717, 1.165) is 12.2 Å². The Balaban J connectivity index is 3.50. The quantitative estimate of drug-likeness (QED) is 0.884. The molecule has 0 fully saturated rings. The molecule has 18 heavy (non-hydrogen) atoms. The average molecular weight is 249 g/mol. The summed E-state index contributed by atoms with van der Waals surface area (Å²) in [6, 6.07) is 4.51. The van der Waals surface area contributed by atoms with Crippen LogP contribution >= 0.6 is 0 Å².